The van der Waals surface area contributed by atoms with Gasteiger partial charge in [-0.15, -0.1) is 0 Å². The molecule has 1 aliphatic carbocycles. The van der Waals surface area contributed by atoms with Crippen molar-refractivity contribution in [1.29, 1.82) is 0 Å². The molecule has 0 heterocycles. The van der Waals surface area contributed by atoms with Gasteiger partial charge in [-0.2, -0.15) is 0 Å². The van der Waals surface area contributed by atoms with E-state index < -0.39 is 0 Å². The first kappa shape index (κ1) is 21.4. The topological polar surface area (TPSA) is 57.5 Å². The largest absolute Gasteiger partial charge is 1.00 e. The molecule has 6 nitrogen and oxygen atoms in total. The van der Waals surface area contributed by atoms with Crippen molar-refractivity contribution in [3.05, 3.63) is 46.9 Å². The van der Waals surface area contributed by atoms with Gasteiger partial charge in [-0.25, -0.2) is 0 Å². The molecule has 0 aliphatic heterocycles. The number of hydrogen-bond acceptors (Lipinski definition) is 5. The summed E-state index contributed by atoms with van der Waals surface area (Å²) in [5, 5.41) is 0. The van der Waals surface area contributed by atoms with Gasteiger partial charge < -0.3 is 36.1 Å². The average Bonchev–Trinajstić information content (AvgIpc) is 2.67. The fourth-order valence-electron chi connectivity index (χ4n) is 2.49. The monoisotopic (exact) mass is 382 g/mol. The fraction of sp³-hybridized carbons (Fsp3) is 0.316. The van der Waals surface area contributed by atoms with Crippen molar-refractivity contribution in [3.8, 4) is 17.2 Å². The molecule has 0 saturated heterocycles. The molecule has 0 atom stereocenters. The number of allylic oxidation sites excluding steroid dienone is 3. The Balaban J connectivity index is 0.00000338. The van der Waals surface area contributed by atoms with E-state index in [1.807, 2.05) is 6.08 Å². The molecule has 142 valence electrons. The summed E-state index contributed by atoms with van der Waals surface area (Å²) in [6, 6.07) is 3.58. The highest BCUT2D eigenvalue weighted by atomic mass is 35.5. The van der Waals surface area contributed by atoms with Crippen molar-refractivity contribution in [2.75, 3.05) is 42.7 Å². The van der Waals surface area contributed by atoms with Crippen molar-refractivity contribution in [2.45, 2.75) is 0 Å². The number of hydrogen-bond donors (Lipinski definition) is 0. The molecule has 0 aromatic heterocycles. The Morgan fingerprint density at radius 3 is 1.85 bits per heavy atom. The van der Waals surface area contributed by atoms with Gasteiger partial charge in [0.15, 0.2) is 0 Å². The maximum absolute atomic E-state index is 5.50. The Bertz CT molecular complexity index is 736. The van der Waals surface area contributed by atoms with Gasteiger partial charge in [0.05, 0.1) is 47.2 Å². The van der Waals surface area contributed by atoms with Crippen LogP contribution < -0.4 is 26.6 Å². The van der Waals surface area contributed by atoms with E-state index in [0.29, 0.717) is 34.6 Å². The molecule has 0 N–H and O–H groups in total. The summed E-state index contributed by atoms with van der Waals surface area (Å²) in [5.74, 6) is 3.71. The highest BCUT2D eigenvalue weighted by molar-refractivity contribution is 6.12. The summed E-state index contributed by atoms with van der Waals surface area (Å²) in [4.78, 5) is 0. The number of rotatable bonds is 6. The van der Waals surface area contributed by atoms with Crippen LogP contribution in [0.4, 0.5) is 0 Å². The van der Waals surface area contributed by atoms with Gasteiger partial charge in [0.2, 0.25) is 0 Å². The Hall–Kier alpha value is -2.60. The summed E-state index contributed by atoms with van der Waals surface area (Å²) in [5.41, 5.74) is 1.49. The predicted molar refractivity (Wildman–Crippen MR) is 95.2 cm³/mol. The van der Waals surface area contributed by atoms with Gasteiger partial charge in [-0.1, -0.05) is 0 Å². The predicted octanol–water partition coefficient (Wildman–Crippen LogP) is -0.0914. The number of methoxy groups -OCH3 is 5. The van der Waals surface area contributed by atoms with Gasteiger partial charge >= 0.3 is 5.78 Å². The zero-order valence-corrected chi connectivity index (χ0v) is 16.5. The van der Waals surface area contributed by atoms with Crippen LogP contribution in [0.2, 0.25) is 0 Å². The van der Waals surface area contributed by atoms with Crippen LogP contribution in [0.5, 0.6) is 17.2 Å². The summed E-state index contributed by atoms with van der Waals surface area (Å²) >= 11 is 0. The Morgan fingerprint density at radius 1 is 0.808 bits per heavy atom. The molecule has 1 aromatic carbocycles. The molecule has 7 heteroatoms. The van der Waals surface area contributed by atoms with Crippen molar-refractivity contribution in [3.63, 3.8) is 0 Å². The lowest BCUT2D eigenvalue weighted by Crippen LogP contribution is -3.00. The molecule has 0 radical (unpaired) electrons. The molecule has 1 aromatic rings. The van der Waals surface area contributed by atoms with Crippen LogP contribution in [0.1, 0.15) is 5.56 Å². The van der Waals surface area contributed by atoms with Gasteiger partial charge in [0, 0.05) is 18.2 Å². The first-order valence-electron chi connectivity index (χ1n) is 7.56. The minimum Gasteiger partial charge on any atom is -1.00 e. The number of ketones is 1. The van der Waals surface area contributed by atoms with E-state index in [0.717, 1.165) is 11.1 Å². The van der Waals surface area contributed by atoms with Gasteiger partial charge in [0.25, 0.3) is 7.11 Å². The second kappa shape index (κ2) is 9.77. The average molecular weight is 383 g/mol. The maximum Gasteiger partial charge on any atom is 0.357 e. The van der Waals surface area contributed by atoms with Crippen LogP contribution in [0.25, 0.3) is 6.08 Å². The first-order valence-corrected chi connectivity index (χ1v) is 7.56. The van der Waals surface area contributed by atoms with Crippen LogP contribution >= 0.6 is 0 Å². The summed E-state index contributed by atoms with van der Waals surface area (Å²) in [6.07, 6.45) is 5.46. The fourth-order valence-corrected chi connectivity index (χ4v) is 2.49. The molecule has 0 unspecified atom stereocenters. The van der Waals surface area contributed by atoms with E-state index in [1.165, 1.54) is 0 Å². The molecule has 0 bridgehead atoms. The minimum absolute atomic E-state index is 0. The lowest BCUT2D eigenvalue weighted by atomic mass is 9.99. The number of carbonyl (C=O) groups excluding carboxylic acids is 1. The van der Waals surface area contributed by atoms with Crippen molar-refractivity contribution >= 4 is 11.9 Å². The van der Waals surface area contributed by atoms with Crippen molar-refractivity contribution in [1.82, 2.24) is 0 Å². The van der Waals surface area contributed by atoms with Crippen LogP contribution in [0.3, 0.4) is 0 Å². The number of halogens is 1. The maximum atomic E-state index is 5.50. The van der Waals surface area contributed by atoms with Gasteiger partial charge in [-0.05, 0) is 6.08 Å². The van der Waals surface area contributed by atoms with Crippen LogP contribution in [-0.2, 0) is 13.9 Å². The summed E-state index contributed by atoms with van der Waals surface area (Å²) < 4.78 is 32.6. The zero-order chi connectivity index (χ0) is 18.4. The van der Waals surface area contributed by atoms with Crippen molar-refractivity contribution in [2.24, 2.45) is 0 Å². The third-order valence-corrected chi connectivity index (χ3v) is 3.79. The third kappa shape index (κ3) is 4.32. The quantitative estimate of drug-likeness (QED) is 0.508. The SMILES string of the molecule is COC1=CC(=[O+]C)/C(=C/c2c(OC)cc(OC)cc2OC)C(OC)=C1.[Cl-]. The Morgan fingerprint density at radius 2 is 1.42 bits per heavy atom. The van der Waals surface area contributed by atoms with E-state index in [4.69, 9.17) is 28.1 Å². The van der Waals surface area contributed by atoms with Crippen LogP contribution in [-0.4, -0.2) is 48.4 Å². The molecule has 2 rings (SSSR count). The second-order valence-electron chi connectivity index (χ2n) is 5.04. The minimum atomic E-state index is 0. The van der Waals surface area contributed by atoms with E-state index in [1.54, 1.807) is 66.9 Å². The van der Waals surface area contributed by atoms with E-state index in [9.17, 15) is 0 Å². The highest BCUT2D eigenvalue weighted by Crippen LogP contribution is 2.37. The number of ether oxygens (including phenoxy) is 5. The number of benzene rings is 1. The second-order valence-corrected chi connectivity index (χ2v) is 5.04. The van der Waals surface area contributed by atoms with Gasteiger partial charge in [-0.3, -0.25) is 4.42 Å². The first-order chi connectivity index (χ1) is 12.1. The lowest BCUT2D eigenvalue weighted by molar-refractivity contribution is -0.418. The smallest absolute Gasteiger partial charge is 0.357 e. The van der Waals surface area contributed by atoms with Crippen LogP contribution in [0, 0.1) is 0 Å². The van der Waals surface area contributed by atoms with Crippen LogP contribution in [0.15, 0.2) is 41.4 Å². The molecule has 0 fully saturated rings. The van der Waals surface area contributed by atoms with Gasteiger partial charge in [0.1, 0.15) is 34.3 Å². The molecule has 0 amide bonds. The zero-order valence-electron chi connectivity index (χ0n) is 15.7. The standard InChI is InChI=1S/C19H23O6.ClH/c1-20-12-7-16(22-3)14(17(8-12)23-4)11-15-18(24-5)9-13(21-2)10-19(15)25-6;/h7-11H,1-6H3;1H/q+1;/p-1. The summed E-state index contributed by atoms with van der Waals surface area (Å²) in [7, 11) is 9.55. The highest BCUT2D eigenvalue weighted by Gasteiger charge is 2.28. The molecule has 0 spiro atoms. The molecule has 0 saturated carbocycles. The van der Waals surface area contributed by atoms with E-state index >= 15 is 0 Å². The molecule has 1 aliphatic rings. The molecular formula is C19H23ClO6. The Labute approximate surface area is 159 Å². The van der Waals surface area contributed by atoms with E-state index in [-0.39, 0.29) is 12.4 Å². The summed E-state index contributed by atoms with van der Waals surface area (Å²) in [6.45, 7) is 0. The normalized spacial score (nSPS) is 16.4. The van der Waals surface area contributed by atoms with Crippen molar-refractivity contribution < 1.29 is 40.5 Å². The third-order valence-electron chi connectivity index (χ3n) is 3.79. The Kier molecular flexibility index (Phi) is 8.06. The lowest BCUT2D eigenvalue weighted by Gasteiger charge is -2.15. The van der Waals surface area contributed by atoms with E-state index in [2.05, 4.69) is 0 Å². The molecular weight excluding hydrogens is 360 g/mol. The molecule has 26 heavy (non-hydrogen) atoms.